The van der Waals surface area contributed by atoms with E-state index in [4.69, 9.17) is 13.9 Å². The number of furan rings is 1. The first-order valence-corrected chi connectivity index (χ1v) is 11.5. The first-order valence-electron chi connectivity index (χ1n) is 11.5. The molecule has 0 bridgehead atoms. The van der Waals surface area contributed by atoms with Crippen molar-refractivity contribution in [1.82, 2.24) is 10.3 Å². The van der Waals surface area contributed by atoms with Crippen molar-refractivity contribution in [3.05, 3.63) is 60.0 Å². The fourth-order valence-corrected chi connectivity index (χ4v) is 3.85. The number of pyridine rings is 1. The number of benzene rings is 2. The van der Waals surface area contributed by atoms with Crippen LogP contribution in [0.1, 0.15) is 49.2 Å². The lowest BCUT2D eigenvalue weighted by Gasteiger charge is -2.11. The summed E-state index contributed by atoms with van der Waals surface area (Å²) in [5, 5.41) is 4.73. The monoisotopic (exact) mass is 444 g/mol. The van der Waals surface area contributed by atoms with E-state index in [0.29, 0.717) is 47.0 Å². The maximum absolute atomic E-state index is 12.6. The Balaban J connectivity index is 1.38. The van der Waals surface area contributed by atoms with Gasteiger partial charge in [0.2, 0.25) is 0 Å². The lowest BCUT2D eigenvalue weighted by Crippen LogP contribution is -2.25. The number of carbonyl (C=O) groups excluding carboxylic acids is 1. The van der Waals surface area contributed by atoms with Crippen molar-refractivity contribution >= 4 is 27.8 Å². The summed E-state index contributed by atoms with van der Waals surface area (Å²) in [6, 6.07) is 13.6. The maximum atomic E-state index is 12.6. The number of amides is 1. The number of fused-ring (bicyclic) bond motifs is 2. The zero-order chi connectivity index (χ0) is 22.9. The molecule has 0 unspecified atom stereocenters. The second-order valence-corrected chi connectivity index (χ2v) is 9.06. The average molecular weight is 445 g/mol. The highest BCUT2D eigenvalue weighted by Gasteiger charge is 2.27. The summed E-state index contributed by atoms with van der Waals surface area (Å²) >= 11 is 0. The van der Waals surface area contributed by atoms with Crippen LogP contribution in [0.5, 0.6) is 17.2 Å². The van der Waals surface area contributed by atoms with Gasteiger partial charge in [0.25, 0.3) is 5.91 Å². The molecule has 2 heterocycles. The molecule has 0 saturated heterocycles. The smallest absolute Gasteiger partial charge is 0.255 e. The van der Waals surface area contributed by atoms with Crippen molar-refractivity contribution in [2.75, 3.05) is 6.61 Å². The van der Waals surface area contributed by atoms with Gasteiger partial charge in [0.1, 0.15) is 28.6 Å². The highest BCUT2D eigenvalue weighted by Crippen LogP contribution is 2.34. The van der Waals surface area contributed by atoms with Crippen LogP contribution in [0.25, 0.3) is 21.9 Å². The predicted octanol–water partition coefficient (Wildman–Crippen LogP) is 6.40. The van der Waals surface area contributed by atoms with Crippen molar-refractivity contribution in [1.29, 1.82) is 0 Å². The minimum atomic E-state index is -0.0750. The zero-order valence-electron chi connectivity index (χ0n) is 19.2. The first kappa shape index (κ1) is 21.3. The van der Waals surface area contributed by atoms with Gasteiger partial charge in [-0.05, 0) is 62.4 Å². The maximum Gasteiger partial charge on any atom is 0.255 e. The van der Waals surface area contributed by atoms with E-state index in [-0.39, 0.29) is 5.91 Å². The minimum Gasteiger partial charge on any atom is -0.494 e. The molecule has 1 N–H and O–H groups in total. The number of hydrogen-bond donors (Lipinski definition) is 1. The van der Waals surface area contributed by atoms with Crippen molar-refractivity contribution in [2.45, 2.75) is 46.1 Å². The van der Waals surface area contributed by atoms with E-state index in [0.717, 1.165) is 41.3 Å². The summed E-state index contributed by atoms with van der Waals surface area (Å²) in [4.78, 5) is 17.1. The van der Waals surface area contributed by atoms with Crippen LogP contribution in [-0.2, 0) is 0 Å². The summed E-state index contributed by atoms with van der Waals surface area (Å²) in [5.41, 5.74) is 2.04. The summed E-state index contributed by atoms with van der Waals surface area (Å²) in [6.07, 6.45) is 4.83. The molecule has 170 valence electrons. The minimum absolute atomic E-state index is 0.0750. The Bertz CT molecular complexity index is 1320. The van der Waals surface area contributed by atoms with Crippen LogP contribution in [0.15, 0.2) is 53.1 Å². The summed E-state index contributed by atoms with van der Waals surface area (Å²) in [6.45, 7) is 6.86. The lowest BCUT2D eigenvalue weighted by atomic mass is 10.1. The predicted molar refractivity (Wildman–Crippen MR) is 128 cm³/mol. The first-order chi connectivity index (χ1) is 16.0. The van der Waals surface area contributed by atoms with Gasteiger partial charge < -0.3 is 19.2 Å². The largest absolute Gasteiger partial charge is 0.494 e. The molecule has 33 heavy (non-hydrogen) atoms. The van der Waals surface area contributed by atoms with Gasteiger partial charge in [0.05, 0.1) is 17.7 Å². The Morgan fingerprint density at radius 2 is 1.91 bits per heavy atom. The van der Waals surface area contributed by atoms with Gasteiger partial charge in [-0.1, -0.05) is 13.8 Å². The van der Waals surface area contributed by atoms with E-state index in [2.05, 4.69) is 24.1 Å². The second kappa shape index (κ2) is 8.77. The van der Waals surface area contributed by atoms with Crippen molar-refractivity contribution in [3.8, 4) is 17.2 Å². The molecule has 1 aliphatic rings. The van der Waals surface area contributed by atoms with Crippen LogP contribution < -0.4 is 14.8 Å². The summed E-state index contributed by atoms with van der Waals surface area (Å²) in [7, 11) is 0. The molecule has 1 fully saturated rings. The van der Waals surface area contributed by atoms with Gasteiger partial charge >= 0.3 is 0 Å². The number of rotatable bonds is 8. The molecular weight excluding hydrogens is 416 g/mol. The standard InChI is InChI=1S/C27H28N2O4/c1-16(2)11-13-31-19-6-8-21-23(14-19)28-12-10-24(21)33-20-7-9-22-25(15-20)32-17(3)26(22)27(30)29-18-4-5-18/h6-10,12,14-16,18H,4-5,11,13H2,1-3H3,(H,29,30). The van der Waals surface area contributed by atoms with Crippen LogP contribution in [-0.4, -0.2) is 23.5 Å². The molecule has 4 aromatic rings. The lowest BCUT2D eigenvalue weighted by molar-refractivity contribution is 0.0951. The Morgan fingerprint density at radius 3 is 2.70 bits per heavy atom. The van der Waals surface area contributed by atoms with Crippen LogP contribution in [0.2, 0.25) is 0 Å². The Kier molecular flexibility index (Phi) is 5.67. The number of carbonyl (C=O) groups is 1. The molecule has 0 radical (unpaired) electrons. The molecule has 1 saturated carbocycles. The van der Waals surface area contributed by atoms with Gasteiger partial charge in [0.15, 0.2) is 0 Å². The molecule has 0 aliphatic heterocycles. The molecule has 1 aliphatic carbocycles. The topological polar surface area (TPSA) is 73.6 Å². The number of aryl methyl sites for hydroxylation is 1. The number of nitrogens with one attached hydrogen (secondary N) is 1. The molecule has 0 atom stereocenters. The third-order valence-electron chi connectivity index (χ3n) is 5.84. The number of ether oxygens (including phenoxy) is 2. The van der Waals surface area contributed by atoms with Gasteiger partial charge in [-0.3, -0.25) is 9.78 Å². The fraction of sp³-hybridized carbons (Fsp3) is 0.333. The van der Waals surface area contributed by atoms with E-state index in [1.807, 2.05) is 49.4 Å². The summed E-state index contributed by atoms with van der Waals surface area (Å²) in [5.74, 6) is 3.27. The van der Waals surface area contributed by atoms with E-state index < -0.39 is 0 Å². The third kappa shape index (κ3) is 4.65. The van der Waals surface area contributed by atoms with Crippen LogP contribution in [0.4, 0.5) is 0 Å². The van der Waals surface area contributed by atoms with Gasteiger partial charge in [-0.15, -0.1) is 0 Å². The number of hydrogen-bond acceptors (Lipinski definition) is 5. The molecule has 0 spiro atoms. The molecule has 6 heteroatoms. The molecule has 6 nitrogen and oxygen atoms in total. The summed E-state index contributed by atoms with van der Waals surface area (Å²) < 4.78 is 17.9. The van der Waals surface area contributed by atoms with Crippen LogP contribution in [0.3, 0.4) is 0 Å². The van der Waals surface area contributed by atoms with E-state index in [1.165, 1.54) is 0 Å². The molecule has 2 aromatic carbocycles. The fourth-order valence-electron chi connectivity index (χ4n) is 3.85. The van der Waals surface area contributed by atoms with Gasteiger partial charge in [-0.2, -0.15) is 0 Å². The molecule has 2 aromatic heterocycles. The highest BCUT2D eigenvalue weighted by atomic mass is 16.5. The zero-order valence-corrected chi connectivity index (χ0v) is 19.2. The second-order valence-electron chi connectivity index (χ2n) is 9.06. The van der Waals surface area contributed by atoms with Crippen molar-refractivity contribution in [3.63, 3.8) is 0 Å². The quantitative estimate of drug-likeness (QED) is 0.340. The van der Waals surface area contributed by atoms with E-state index >= 15 is 0 Å². The Hall–Kier alpha value is -3.54. The van der Waals surface area contributed by atoms with Crippen molar-refractivity contribution in [2.24, 2.45) is 5.92 Å². The van der Waals surface area contributed by atoms with Gasteiger partial charge in [0, 0.05) is 35.1 Å². The highest BCUT2D eigenvalue weighted by molar-refractivity contribution is 6.07. The SMILES string of the molecule is Cc1oc2cc(Oc3ccnc4cc(OCCC(C)C)ccc34)ccc2c1C(=O)NC1CC1. The Labute approximate surface area is 192 Å². The van der Waals surface area contributed by atoms with Crippen molar-refractivity contribution < 1.29 is 18.7 Å². The third-order valence-corrected chi connectivity index (χ3v) is 5.84. The van der Waals surface area contributed by atoms with E-state index in [1.54, 1.807) is 6.20 Å². The van der Waals surface area contributed by atoms with Crippen LogP contribution >= 0.6 is 0 Å². The molecular formula is C27H28N2O4. The van der Waals surface area contributed by atoms with Crippen LogP contribution in [0, 0.1) is 12.8 Å². The van der Waals surface area contributed by atoms with E-state index in [9.17, 15) is 4.79 Å². The van der Waals surface area contributed by atoms with Gasteiger partial charge in [-0.25, -0.2) is 0 Å². The number of nitrogens with zero attached hydrogens (tertiary/aromatic N) is 1. The Morgan fingerprint density at radius 1 is 1.12 bits per heavy atom. The number of aromatic nitrogens is 1. The normalized spacial score (nSPS) is 13.6. The average Bonchev–Trinajstić information content (AvgIpc) is 3.52. The molecule has 1 amide bonds. The molecule has 5 rings (SSSR count).